The minimum absolute atomic E-state index is 0.0328. The minimum atomic E-state index is -0.934. The fourth-order valence-corrected chi connectivity index (χ4v) is 0.956. The van der Waals surface area contributed by atoms with Gasteiger partial charge < -0.3 is 0 Å². The number of carbonyl (C=O) groups excluding carboxylic acids is 1. The summed E-state index contributed by atoms with van der Waals surface area (Å²) in [6.45, 7) is -0.170. The molecular formula is C5H8Cl2N4O3. The lowest BCUT2D eigenvalue weighted by Gasteiger charge is -2.17. The first-order valence-electron chi connectivity index (χ1n) is 3.58. The summed E-state index contributed by atoms with van der Waals surface area (Å²) in [5, 5.41) is 5.79. The quantitative estimate of drug-likeness (QED) is 0.403. The maximum atomic E-state index is 11.2. The average Bonchev–Trinajstić information content (AvgIpc) is 2.21. The fraction of sp³-hybridized carbons (Fsp3) is 0.800. The van der Waals surface area contributed by atoms with Gasteiger partial charge in [-0.25, -0.2) is 4.79 Å². The third-order valence-corrected chi connectivity index (χ3v) is 1.57. The van der Waals surface area contributed by atoms with Crippen LogP contribution in [0.5, 0.6) is 0 Å². The third kappa shape index (κ3) is 3.84. The summed E-state index contributed by atoms with van der Waals surface area (Å²) in [5.41, 5.74) is 0. The Hall–Kier alpha value is -0.950. The molecular weight excluding hydrogens is 235 g/mol. The van der Waals surface area contributed by atoms with Gasteiger partial charge in [0, 0.05) is 11.8 Å². The van der Waals surface area contributed by atoms with Crippen molar-refractivity contribution in [2.45, 2.75) is 0 Å². The summed E-state index contributed by atoms with van der Waals surface area (Å²) < 4.78 is 0. The molecule has 0 spiro atoms. The van der Waals surface area contributed by atoms with E-state index in [0.717, 1.165) is 0 Å². The highest BCUT2D eigenvalue weighted by Gasteiger charge is 2.21. The molecule has 14 heavy (non-hydrogen) atoms. The zero-order valence-electron chi connectivity index (χ0n) is 7.10. The molecule has 0 aliphatic carbocycles. The van der Waals surface area contributed by atoms with Gasteiger partial charge in [0.1, 0.15) is 0 Å². The van der Waals surface area contributed by atoms with E-state index in [2.05, 4.69) is 10.6 Å². The Morgan fingerprint density at radius 3 is 1.57 bits per heavy atom. The lowest BCUT2D eigenvalue weighted by molar-refractivity contribution is 0.160. The summed E-state index contributed by atoms with van der Waals surface area (Å²) >= 11 is 10.6. The van der Waals surface area contributed by atoms with Crippen molar-refractivity contribution in [1.82, 2.24) is 10.0 Å². The minimum Gasteiger partial charge on any atom is -0.244 e. The van der Waals surface area contributed by atoms with Crippen LogP contribution in [0, 0.1) is 9.81 Å². The number of urea groups is 1. The first-order chi connectivity index (χ1) is 6.71. The van der Waals surface area contributed by atoms with Crippen LogP contribution in [-0.2, 0) is 0 Å². The molecule has 0 radical (unpaired) electrons. The van der Waals surface area contributed by atoms with Gasteiger partial charge in [-0.3, -0.25) is 0 Å². The van der Waals surface area contributed by atoms with E-state index in [1.54, 1.807) is 0 Å². The molecule has 0 saturated carbocycles. The third-order valence-electron chi connectivity index (χ3n) is 1.23. The zero-order valence-corrected chi connectivity index (χ0v) is 8.61. The van der Waals surface area contributed by atoms with Crippen LogP contribution >= 0.6 is 23.2 Å². The highest BCUT2D eigenvalue weighted by atomic mass is 35.5. The summed E-state index contributed by atoms with van der Waals surface area (Å²) in [7, 11) is 0. The molecule has 0 fully saturated rings. The second-order valence-electron chi connectivity index (χ2n) is 2.07. The first-order valence-corrected chi connectivity index (χ1v) is 4.65. The van der Waals surface area contributed by atoms with Crippen LogP contribution in [0.3, 0.4) is 0 Å². The Morgan fingerprint density at radius 1 is 1.00 bits per heavy atom. The molecule has 0 aromatic rings. The van der Waals surface area contributed by atoms with Crippen LogP contribution in [0.25, 0.3) is 0 Å². The number of carbonyl (C=O) groups is 1. The van der Waals surface area contributed by atoms with E-state index < -0.39 is 6.03 Å². The molecule has 0 atom stereocenters. The van der Waals surface area contributed by atoms with Crippen LogP contribution in [0.15, 0.2) is 10.6 Å². The zero-order chi connectivity index (χ0) is 11.0. The first kappa shape index (κ1) is 13.1. The van der Waals surface area contributed by atoms with E-state index in [9.17, 15) is 14.6 Å². The predicted molar refractivity (Wildman–Crippen MR) is 51.8 cm³/mol. The summed E-state index contributed by atoms with van der Waals surface area (Å²) in [6, 6.07) is -0.934. The number of halogens is 2. The number of rotatable bonds is 6. The normalized spacial score (nSPS) is 9.29. The van der Waals surface area contributed by atoms with Crippen LogP contribution in [0.2, 0.25) is 0 Å². The Morgan fingerprint density at radius 2 is 1.36 bits per heavy atom. The smallest absolute Gasteiger partial charge is 0.244 e. The second-order valence-corrected chi connectivity index (χ2v) is 2.83. The monoisotopic (exact) mass is 242 g/mol. The van der Waals surface area contributed by atoms with Gasteiger partial charge in [-0.2, -0.15) is 10.0 Å². The van der Waals surface area contributed by atoms with Gasteiger partial charge in [-0.1, -0.05) is 0 Å². The molecule has 80 valence electrons. The molecule has 0 N–H and O–H groups in total. The fourth-order valence-electron chi connectivity index (χ4n) is 0.636. The number of alkyl halides is 2. The van der Waals surface area contributed by atoms with Crippen molar-refractivity contribution < 1.29 is 4.79 Å². The van der Waals surface area contributed by atoms with Crippen molar-refractivity contribution in [2.75, 3.05) is 24.8 Å². The Labute approximate surface area is 89.8 Å². The Kier molecular flexibility index (Phi) is 6.95. The van der Waals surface area contributed by atoms with Gasteiger partial charge in [0.25, 0.3) is 0 Å². The van der Waals surface area contributed by atoms with Gasteiger partial charge in [0.2, 0.25) is 0 Å². The maximum absolute atomic E-state index is 11.2. The van der Waals surface area contributed by atoms with E-state index in [4.69, 9.17) is 23.2 Å². The standard InChI is InChI=1S/C5H8Cl2N4O3/c6-1-3-10(8-13)5(12)11(9-14)4-2-7/h1-4H2. The van der Waals surface area contributed by atoms with E-state index in [1.807, 2.05) is 0 Å². The highest BCUT2D eigenvalue weighted by molar-refractivity contribution is 6.18. The average molecular weight is 243 g/mol. The molecule has 0 aromatic heterocycles. The number of hydrogen-bond donors (Lipinski definition) is 0. The Balaban J connectivity index is 4.36. The molecule has 0 bridgehead atoms. The van der Waals surface area contributed by atoms with Gasteiger partial charge >= 0.3 is 6.03 Å². The number of amides is 2. The van der Waals surface area contributed by atoms with Crippen molar-refractivity contribution in [3.8, 4) is 0 Å². The molecule has 2 amide bonds. The van der Waals surface area contributed by atoms with Crippen molar-refractivity contribution >= 4 is 29.2 Å². The van der Waals surface area contributed by atoms with Gasteiger partial charge in [-0.05, 0) is 0 Å². The van der Waals surface area contributed by atoms with Gasteiger partial charge in [0.05, 0.1) is 23.7 Å². The largest absolute Gasteiger partial charge is 0.366 e. The van der Waals surface area contributed by atoms with Gasteiger partial charge in [0.15, 0.2) is 0 Å². The molecule has 7 nitrogen and oxygen atoms in total. The van der Waals surface area contributed by atoms with E-state index in [0.29, 0.717) is 10.0 Å². The van der Waals surface area contributed by atoms with Crippen molar-refractivity contribution in [2.24, 2.45) is 10.6 Å². The maximum Gasteiger partial charge on any atom is 0.366 e. The Bertz CT molecular complexity index is 195. The lowest BCUT2D eigenvalue weighted by Crippen LogP contribution is -2.38. The van der Waals surface area contributed by atoms with Crippen LogP contribution in [0.1, 0.15) is 0 Å². The van der Waals surface area contributed by atoms with Crippen LogP contribution in [-0.4, -0.2) is 40.9 Å². The van der Waals surface area contributed by atoms with E-state index in [1.165, 1.54) is 0 Å². The molecule has 0 saturated heterocycles. The number of nitroso groups, excluding NO2 is 2. The van der Waals surface area contributed by atoms with Crippen LogP contribution in [0.4, 0.5) is 4.79 Å². The van der Waals surface area contributed by atoms with E-state index in [-0.39, 0.29) is 24.8 Å². The second kappa shape index (κ2) is 7.45. The van der Waals surface area contributed by atoms with Crippen molar-refractivity contribution in [1.29, 1.82) is 0 Å². The molecule has 0 aliphatic heterocycles. The van der Waals surface area contributed by atoms with Crippen molar-refractivity contribution in [3.63, 3.8) is 0 Å². The number of hydrogen-bond acceptors (Lipinski definition) is 5. The summed E-state index contributed by atoms with van der Waals surface area (Å²) in [4.78, 5) is 31.5. The topological polar surface area (TPSA) is 82.4 Å². The van der Waals surface area contributed by atoms with Crippen molar-refractivity contribution in [3.05, 3.63) is 9.81 Å². The molecule has 0 heterocycles. The van der Waals surface area contributed by atoms with Crippen LogP contribution < -0.4 is 0 Å². The SMILES string of the molecule is O=NN(CCCl)C(=O)N(CCCl)N=O. The summed E-state index contributed by atoms with van der Waals surface area (Å²) in [5.74, 6) is 0.0656. The molecule has 0 unspecified atom stereocenters. The molecule has 9 heteroatoms. The predicted octanol–water partition coefficient (Wildman–Crippen LogP) is 1.55. The van der Waals surface area contributed by atoms with E-state index >= 15 is 0 Å². The molecule has 0 rings (SSSR count). The van der Waals surface area contributed by atoms with Gasteiger partial charge in [-0.15, -0.1) is 33.0 Å². The number of nitrogens with zero attached hydrogens (tertiary/aromatic N) is 4. The molecule has 0 aromatic carbocycles. The molecule has 0 aliphatic rings. The highest BCUT2D eigenvalue weighted by Crippen LogP contribution is 2.01. The lowest BCUT2D eigenvalue weighted by atomic mass is 10.6. The summed E-state index contributed by atoms with van der Waals surface area (Å²) in [6.07, 6.45) is 0.